The van der Waals surface area contributed by atoms with Crippen LogP contribution < -0.4 is 0 Å². The van der Waals surface area contributed by atoms with E-state index in [1.54, 1.807) is 18.5 Å². The number of hydrogen-bond acceptors (Lipinski definition) is 5. The largest absolute Gasteiger partial charge is 0.461 e. The van der Waals surface area contributed by atoms with Gasteiger partial charge in [0.25, 0.3) is 0 Å². The molecule has 114 valence electrons. The smallest absolute Gasteiger partial charge is 0.360 e. The fourth-order valence-electron chi connectivity index (χ4n) is 2.03. The minimum Gasteiger partial charge on any atom is -0.461 e. The van der Waals surface area contributed by atoms with Gasteiger partial charge in [0.15, 0.2) is 5.69 Å². The van der Waals surface area contributed by atoms with Crippen LogP contribution in [0.25, 0.3) is 0 Å². The molecular weight excluding hydrogens is 338 g/mol. The lowest BCUT2D eigenvalue weighted by molar-refractivity contribution is 0.0518. The summed E-state index contributed by atoms with van der Waals surface area (Å²) in [5.74, 6) is -0.445. The predicted molar refractivity (Wildman–Crippen MR) is 80.1 cm³/mol. The van der Waals surface area contributed by atoms with E-state index in [0.29, 0.717) is 18.8 Å². The molecule has 0 aromatic carbocycles. The van der Waals surface area contributed by atoms with Crippen molar-refractivity contribution >= 4 is 21.9 Å². The van der Waals surface area contributed by atoms with Gasteiger partial charge in [0, 0.05) is 7.05 Å². The fourth-order valence-corrected chi connectivity index (χ4v) is 2.77. The number of aryl methyl sites for hydroxylation is 2. The molecule has 0 radical (unpaired) electrons. The van der Waals surface area contributed by atoms with E-state index < -0.39 is 5.97 Å². The molecule has 21 heavy (non-hydrogen) atoms. The highest BCUT2D eigenvalue weighted by molar-refractivity contribution is 9.10. The van der Waals surface area contributed by atoms with Gasteiger partial charge in [-0.2, -0.15) is 5.10 Å². The van der Waals surface area contributed by atoms with Crippen LogP contribution >= 0.6 is 15.9 Å². The molecular formula is C13H18BrN5O2. The Morgan fingerprint density at radius 2 is 2.10 bits per heavy atom. The molecule has 0 bridgehead atoms. The molecule has 0 saturated carbocycles. The zero-order chi connectivity index (χ0) is 15.6. The molecule has 2 rings (SSSR count). The summed E-state index contributed by atoms with van der Waals surface area (Å²) in [6, 6.07) is 0. The Kier molecular flexibility index (Phi) is 4.76. The zero-order valence-corrected chi connectivity index (χ0v) is 14.1. The van der Waals surface area contributed by atoms with Crippen LogP contribution in [0.3, 0.4) is 0 Å². The minimum atomic E-state index is -0.445. The van der Waals surface area contributed by atoms with Crippen molar-refractivity contribution in [3.05, 3.63) is 27.2 Å². The van der Waals surface area contributed by atoms with E-state index in [-0.39, 0.29) is 5.69 Å². The maximum absolute atomic E-state index is 11.8. The Morgan fingerprint density at radius 1 is 1.38 bits per heavy atom. The molecule has 0 unspecified atom stereocenters. The Labute approximate surface area is 131 Å². The zero-order valence-electron chi connectivity index (χ0n) is 12.6. The number of esters is 1. The summed E-state index contributed by atoms with van der Waals surface area (Å²) in [5, 5.41) is 12.4. The molecule has 0 amide bonds. The third-order valence-electron chi connectivity index (χ3n) is 3.25. The van der Waals surface area contributed by atoms with Gasteiger partial charge in [-0.3, -0.25) is 4.68 Å². The molecule has 7 nitrogen and oxygen atoms in total. The van der Waals surface area contributed by atoms with Crippen LogP contribution in [0, 0.1) is 6.92 Å². The van der Waals surface area contributed by atoms with E-state index >= 15 is 0 Å². The van der Waals surface area contributed by atoms with Gasteiger partial charge in [-0.25, -0.2) is 9.48 Å². The van der Waals surface area contributed by atoms with E-state index in [4.69, 9.17) is 4.74 Å². The summed E-state index contributed by atoms with van der Waals surface area (Å²) >= 11 is 3.57. The Morgan fingerprint density at radius 3 is 2.67 bits per heavy atom. The molecule has 0 aliphatic heterocycles. The van der Waals surface area contributed by atoms with E-state index in [0.717, 1.165) is 22.3 Å². The lowest BCUT2D eigenvalue weighted by Crippen LogP contribution is -2.11. The molecule has 0 aliphatic rings. The Hall–Kier alpha value is -1.70. The number of rotatable bonds is 5. The van der Waals surface area contributed by atoms with Crippen molar-refractivity contribution in [2.24, 2.45) is 7.05 Å². The second-order valence-electron chi connectivity index (χ2n) is 4.59. The van der Waals surface area contributed by atoms with E-state index in [1.165, 1.54) is 0 Å². The minimum absolute atomic E-state index is 0.255. The molecule has 0 aliphatic carbocycles. The maximum Gasteiger partial charge on any atom is 0.360 e. The van der Waals surface area contributed by atoms with Gasteiger partial charge in [0.1, 0.15) is 0 Å². The first-order chi connectivity index (χ1) is 9.99. The van der Waals surface area contributed by atoms with E-state index in [9.17, 15) is 4.79 Å². The molecule has 8 heteroatoms. The standard InChI is InChI=1S/C13H18BrN5O2/c1-5-9-11(14)10(18(4)16-9)7-19-8(3)12(15-17-19)13(20)21-6-2/h5-7H2,1-4H3. The summed E-state index contributed by atoms with van der Waals surface area (Å²) < 4.78 is 9.42. The normalized spacial score (nSPS) is 10.9. The highest BCUT2D eigenvalue weighted by Gasteiger charge is 2.20. The van der Waals surface area contributed by atoms with E-state index in [1.807, 2.05) is 11.7 Å². The SMILES string of the molecule is CCOC(=O)c1nnn(Cc2c(Br)c(CC)nn2C)c1C. The summed E-state index contributed by atoms with van der Waals surface area (Å²) in [6.45, 7) is 6.42. The topological polar surface area (TPSA) is 74.8 Å². The first-order valence-electron chi connectivity index (χ1n) is 6.77. The highest BCUT2D eigenvalue weighted by Crippen LogP contribution is 2.22. The van der Waals surface area contributed by atoms with Crippen molar-refractivity contribution in [1.29, 1.82) is 0 Å². The average Bonchev–Trinajstić information content (AvgIpc) is 2.94. The molecule has 0 saturated heterocycles. The third kappa shape index (κ3) is 2.99. The van der Waals surface area contributed by atoms with Crippen LogP contribution in [-0.4, -0.2) is 37.4 Å². The summed E-state index contributed by atoms with van der Waals surface area (Å²) in [6.07, 6.45) is 0.846. The van der Waals surface area contributed by atoms with Crippen molar-refractivity contribution in [2.75, 3.05) is 6.61 Å². The monoisotopic (exact) mass is 355 g/mol. The van der Waals surface area contributed by atoms with Crippen LogP contribution in [0.2, 0.25) is 0 Å². The number of aromatic nitrogens is 5. The first-order valence-corrected chi connectivity index (χ1v) is 7.56. The van der Waals surface area contributed by atoms with Gasteiger partial charge in [-0.15, -0.1) is 5.10 Å². The van der Waals surface area contributed by atoms with Crippen LogP contribution in [-0.2, 0) is 24.8 Å². The number of ether oxygens (including phenoxy) is 1. The maximum atomic E-state index is 11.8. The summed E-state index contributed by atoms with van der Waals surface area (Å²) in [5.41, 5.74) is 2.91. The highest BCUT2D eigenvalue weighted by atomic mass is 79.9. The Balaban J connectivity index is 2.29. The molecule has 2 heterocycles. The van der Waals surface area contributed by atoms with Crippen LogP contribution in [0.1, 0.15) is 41.4 Å². The van der Waals surface area contributed by atoms with Gasteiger partial charge in [0.2, 0.25) is 0 Å². The van der Waals surface area contributed by atoms with Crippen molar-refractivity contribution in [2.45, 2.75) is 33.7 Å². The molecule has 2 aromatic heterocycles. The lowest BCUT2D eigenvalue weighted by Gasteiger charge is -2.05. The average molecular weight is 356 g/mol. The predicted octanol–water partition coefficient (Wildman–Crippen LogP) is 1.87. The number of halogens is 1. The van der Waals surface area contributed by atoms with Crippen LogP contribution in [0.15, 0.2) is 4.47 Å². The second kappa shape index (κ2) is 6.38. The number of nitrogens with zero attached hydrogens (tertiary/aromatic N) is 5. The Bertz CT molecular complexity index is 662. The van der Waals surface area contributed by atoms with Crippen molar-refractivity contribution in [3.63, 3.8) is 0 Å². The molecule has 0 atom stereocenters. The van der Waals surface area contributed by atoms with Gasteiger partial charge < -0.3 is 4.74 Å². The quantitative estimate of drug-likeness (QED) is 0.765. The molecule has 0 fully saturated rings. The number of hydrogen-bond donors (Lipinski definition) is 0. The molecule has 0 N–H and O–H groups in total. The van der Waals surface area contributed by atoms with E-state index in [2.05, 4.69) is 38.3 Å². The molecule has 0 spiro atoms. The summed E-state index contributed by atoms with van der Waals surface area (Å²) in [4.78, 5) is 11.8. The molecule has 2 aromatic rings. The van der Waals surface area contributed by atoms with Crippen molar-refractivity contribution in [3.8, 4) is 0 Å². The van der Waals surface area contributed by atoms with Crippen LogP contribution in [0.4, 0.5) is 0 Å². The number of carbonyl (C=O) groups excluding carboxylic acids is 1. The lowest BCUT2D eigenvalue weighted by atomic mass is 10.3. The number of carbonyl (C=O) groups is 1. The summed E-state index contributed by atoms with van der Waals surface area (Å²) in [7, 11) is 1.89. The first kappa shape index (κ1) is 15.7. The van der Waals surface area contributed by atoms with Crippen LogP contribution in [0.5, 0.6) is 0 Å². The fraction of sp³-hybridized carbons (Fsp3) is 0.538. The second-order valence-corrected chi connectivity index (χ2v) is 5.38. The van der Waals surface area contributed by atoms with Gasteiger partial charge in [-0.1, -0.05) is 12.1 Å². The third-order valence-corrected chi connectivity index (χ3v) is 4.17. The van der Waals surface area contributed by atoms with Gasteiger partial charge >= 0.3 is 5.97 Å². The van der Waals surface area contributed by atoms with Gasteiger partial charge in [0.05, 0.1) is 34.7 Å². The van der Waals surface area contributed by atoms with Crippen molar-refractivity contribution in [1.82, 2.24) is 24.8 Å². The van der Waals surface area contributed by atoms with Crippen molar-refractivity contribution < 1.29 is 9.53 Å². The van der Waals surface area contributed by atoms with Gasteiger partial charge in [-0.05, 0) is 36.2 Å².